The van der Waals surface area contributed by atoms with E-state index in [1.807, 2.05) is 18.2 Å². The normalized spacial score (nSPS) is 31.6. The highest BCUT2D eigenvalue weighted by Crippen LogP contribution is 2.52. The number of ketones is 1. The van der Waals surface area contributed by atoms with Gasteiger partial charge in [-0.1, -0.05) is 13.3 Å². The first kappa shape index (κ1) is 15.4. The summed E-state index contributed by atoms with van der Waals surface area (Å²) in [7, 11) is 1.68. The molecule has 2 fully saturated rings. The largest absolute Gasteiger partial charge is 0.593 e. The Morgan fingerprint density at radius 1 is 1.36 bits per heavy atom. The Bertz CT molecular complexity index is 566. The lowest BCUT2D eigenvalue weighted by atomic mass is 9.56. The van der Waals surface area contributed by atoms with Crippen molar-refractivity contribution in [2.24, 2.45) is 17.3 Å². The first-order valence-electron chi connectivity index (χ1n) is 8.43. The number of benzene rings is 1. The molecule has 2 N–H and O–H groups in total. The summed E-state index contributed by atoms with van der Waals surface area (Å²) in [6, 6.07) is 5.70. The molecule has 0 radical (unpaired) electrons. The molecule has 1 aromatic carbocycles. The van der Waals surface area contributed by atoms with Crippen LogP contribution in [0, 0.1) is 17.3 Å². The van der Waals surface area contributed by atoms with Crippen molar-refractivity contribution in [1.82, 2.24) is 0 Å². The smallest absolute Gasteiger partial charge is 0.260 e. The van der Waals surface area contributed by atoms with E-state index in [4.69, 9.17) is 9.84 Å². The zero-order valence-corrected chi connectivity index (χ0v) is 13.7. The summed E-state index contributed by atoms with van der Waals surface area (Å²) in [6.07, 6.45) is 7.04. The second-order valence-electron chi connectivity index (χ2n) is 7.36. The van der Waals surface area contributed by atoms with Gasteiger partial charge in [0.25, 0.3) is 5.75 Å². The van der Waals surface area contributed by atoms with E-state index in [2.05, 4.69) is 6.92 Å². The van der Waals surface area contributed by atoms with Gasteiger partial charge >= 0.3 is 0 Å². The molecule has 0 heterocycles. The first-order valence-corrected chi connectivity index (χ1v) is 8.43. The maximum atomic E-state index is 11.8. The van der Waals surface area contributed by atoms with Gasteiger partial charge in [-0.05, 0) is 55.1 Å². The van der Waals surface area contributed by atoms with Crippen molar-refractivity contribution < 1.29 is 14.6 Å². The summed E-state index contributed by atoms with van der Waals surface area (Å²) < 4.78 is 5.49. The van der Waals surface area contributed by atoms with Crippen LogP contribution >= 0.6 is 0 Å². The van der Waals surface area contributed by atoms with Gasteiger partial charge < -0.3 is 9.84 Å². The van der Waals surface area contributed by atoms with Gasteiger partial charge in [0.2, 0.25) is 0 Å². The molecule has 2 aliphatic rings. The van der Waals surface area contributed by atoms with Crippen LogP contribution in [0.25, 0.3) is 0 Å². The van der Waals surface area contributed by atoms with Crippen molar-refractivity contribution in [3.63, 3.8) is 0 Å². The van der Waals surface area contributed by atoms with E-state index < -0.39 is 0 Å². The van der Waals surface area contributed by atoms with Crippen LogP contribution in [0.2, 0.25) is 0 Å². The number of methoxy groups -OCH3 is 1. The fourth-order valence-corrected chi connectivity index (χ4v) is 4.83. The van der Waals surface area contributed by atoms with Crippen molar-refractivity contribution >= 4 is 5.78 Å². The van der Waals surface area contributed by atoms with Gasteiger partial charge in [-0.3, -0.25) is 4.79 Å². The fourth-order valence-electron chi connectivity index (χ4n) is 4.83. The highest BCUT2D eigenvalue weighted by Gasteiger charge is 2.45. The average Bonchev–Trinajstić information content (AvgIpc) is 2.49. The second kappa shape index (κ2) is 5.94. The minimum Gasteiger partial charge on any atom is -0.593 e. The molecule has 3 nitrogen and oxygen atoms in total. The number of Topliss-reactive ketones (excluding diaryl/α,β-unsaturated/α-hetero) is 1. The average molecular weight is 303 g/mol. The summed E-state index contributed by atoms with van der Waals surface area (Å²) in [5.74, 6) is 3.04. The van der Waals surface area contributed by atoms with Crippen molar-refractivity contribution in [1.29, 1.82) is 0 Å². The number of carbonyl (C=O) groups excluding carboxylic acids is 1. The molecule has 22 heavy (non-hydrogen) atoms. The standard InChI is InChI=1S/C19H26O3/c1-19(12-15-17(21)6-3-7-18(15)22-2)10-4-5-13-11-14(20)8-9-16(13)19/h3,6-7,13,16,21H,4-5,8-12H2,1-2H3/p+1/t13?,16?,19-/m0/s1. The predicted octanol–water partition coefficient (Wildman–Crippen LogP) is 3.85. The number of rotatable bonds is 3. The molecule has 1 aromatic rings. The molecule has 3 heteroatoms. The Kier molecular flexibility index (Phi) is 4.16. The van der Waals surface area contributed by atoms with E-state index in [1.54, 1.807) is 7.11 Å². The van der Waals surface area contributed by atoms with E-state index in [-0.39, 0.29) is 5.41 Å². The number of ether oxygens (including phenoxy) is 1. The summed E-state index contributed by atoms with van der Waals surface area (Å²) in [5, 5.41) is 8.25. The minimum absolute atomic E-state index is 0.189. The molecule has 0 aliphatic heterocycles. The van der Waals surface area contributed by atoms with Gasteiger partial charge in [-0.15, -0.1) is 0 Å². The van der Waals surface area contributed by atoms with E-state index in [1.165, 1.54) is 19.3 Å². The molecule has 120 valence electrons. The van der Waals surface area contributed by atoms with Gasteiger partial charge in [0.05, 0.1) is 12.7 Å². The lowest BCUT2D eigenvalue weighted by Gasteiger charge is -2.48. The third kappa shape index (κ3) is 2.73. The minimum atomic E-state index is 0.189. The highest BCUT2D eigenvalue weighted by atomic mass is 16.5. The molecule has 0 aromatic heterocycles. The quantitative estimate of drug-likeness (QED) is 0.796. The highest BCUT2D eigenvalue weighted by molar-refractivity contribution is 5.79. The van der Waals surface area contributed by atoms with E-state index in [0.717, 1.165) is 37.0 Å². The van der Waals surface area contributed by atoms with E-state index in [0.29, 0.717) is 23.4 Å². The lowest BCUT2D eigenvalue weighted by Crippen LogP contribution is -2.42. The topological polar surface area (TPSA) is 49.2 Å². The molecular formula is C19H27O3+. The number of fused-ring (bicyclic) bond motifs is 1. The SMILES string of the molecule is COc1cccc([OH2+])c1C[C@]1(C)CCCC2CC(=O)CCC21. The van der Waals surface area contributed by atoms with Crippen LogP contribution < -0.4 is 4.74 Å². The van der Waals surface area contributed by atoms with Crippen molar-refractivity contribution in [2.45, 2.75) is 51.9 Å². The van der Waals surface area contributed by atoms with Crippen LogP contribution in [0.3, 0.4) is 0 Å². The third-order valence-corrected chi connectivity index (χ3v) is 5.94. The summed E-state index contributed by atoms with van der Waals surface area (Å²) >= 11 is 0. The van der Waals surface area contributed by atoms with Crippen molar-refractivity contribution in [3.8, 4) is 11.5 Å². The van der Waals surface area contributed by atoms with Crippen LogP contribution in [0.5, 0.6) is 11.5 Å². The Morgan fingerprint density at radius 3 is 2.95 bits per heavy atom. The van der Waals surface area contributed by atoms with Crippen molar-refractivity contribution in [3.05, 3.63) is 23.8 Å². The van der Waals surface area contributed by atoms with Crippen LogP contribution in [-0.2, 0) is 11.2 Å². The molecular weight excluding hydrogens is 276 g/mol. The molecule has 2 saturated carbocycles. The number of hydrogen-bond acceptors (Lipinski definition) is 2. The zero-order chi connectivity index (χ0) is 15.7. The van der Waals surface area contributed by atoms with Crippen LogP contribution in [0.15, 0.2) is 18.2 Å². The molecule has 2 aliphatic carbocycles. The summed E-state index contributed by atoms with van der Waals surface area (Å²) in [6.45, 7) is 2.37. The second-order valence-corrected chi connectivity index (χ2v) is 7.36. The first-order chi connectivity index (χ1) is 10.5. The number of carbonyl (C=O) groups is 1. The third-order valence-electron chi connectivity index (χ3n) is 5.94. The van der Waals surface area contributed by atoms with Gasteiger partial charge in [-0.25, -0.2) is 0 Å². The number of hydrogen-bond donors (Lipinski definition) is 0. The van der Waals surface area contributed by atoms with Crippen molar-refractivity contribution in [2.75, 3.05) is 7.11 Å². The Labute approximate surface area is 132 Å². The molecule has 3 rings (SSSR count). The van der Waals surface area contributed by atoms with Crippen LogP contribution in [-0.4, -0.2) is 18.0 Å². The molecule has 0 amide bonds. The maximum Gasteiger partial charge on any atom is 0.260 e. The Morgan fingerprint density at radius 2 is 2.18 bits per heavy atom. The zero-order valence-electron chi connectivity index (χ0n) is 13.7. The summed E-state index contributed by atoms with van der Waals surface area (Å²) in [5.41, 5.74) is 1.22. The molecule has 0 bridgehead atoms. The van der Waals surface area contributed by atoms with Gasteiger partial charge in [0.1, 0.15) is 11.5 Å². The van der Waals surface area contributed by atoms with Crippen LogP contribution in [0.4, 0.5) is 0 Å². The Hall–Kier alpha value is -1.51. The maximum absolute atomic E-state index is 11.8. The Balaban J connectivity index is 1.88. The van der Waals surface area contributed by atoms with Crippen LogP contribution in [0.1, 0.15) is 51.0 Å². The van der Waals surface area contributed by atoms with E-state index >= 15 is 0 Å². The summed E-state index contributed by atoms with van der Waals surface area (Å²) in [4.78, 5) is 11.8. The fraction of sp³-hybridized carbons (Fsp3) is 0.632. The van der Waals surface area contributed by atoms with Gasteiger partial charge in [0, 0.05) is 18.9 Å². The van der Waals surface area contributed by atoms with Gasteiger partial charge in [-0.2, -0.15) is 0 Å². The molecule has 2 unspecified atom stereocenters. The van der Waals surface area contributed by atoms with E-state index in [9.17, 15) is 4.79 Å². The predicted molar refractivity (Wildman–Crippen MR) is 87.6 cm³/mol. The van der Waals surface area contributed by atoms with Gasteiger partial charge in [0.15, 0.2) is 0 Å². The molecule has 3 atom stereocenters. The molecule has 0 saturated heterocycles. The lowest BCUT2D eigenvalue weighted by molar-refractivity contribution is -0.125. The molecule has 0 spiro atoms. The monoisotopic (exact) mass is 303 g/mol.